The molecule has 1 aromatic heterocycles. The van der Waals surface area contributed by atoms with E-state index < -0.39 is 11.7 Å². The van der Waals surface area contributed by atoms with Gasteiger partial charge >= 0.3 is 6.18 Å². The van der Waals surface area contributed by atoms with Crippen molar-refractivity contribution < 1.29 is 18.0 Å². The Balaban J connectivity index is 2.26. The van der Waals surface area contributed by atoms with E-state index in [9.17, 15) is 18.0 Å². The van der Waals surface area contributed by atoms with Gasteiger partial charge in [-0.15, -0.1) is 0 Å². The maximum Gasteiger partial charge on any atom is 0.416 e. The fourth-order valence-electron chi connectivity index (χ4n) is 1.94. The second-order valence-electron chi connectivity index (χ2n) is 4.74. The topological polar surface area (TPSA) is 56.0 Å². The first-order chi connectivity index (χ1) is 9.77. The van der Waals surface area contributed by atoms with Crippen LogP contribution in [0.1, 0.15) is 27.0 Å². The lowest BCUT2D eigenvalue weighted by atomic mass is 10.0. The molecule has 0 spiro atoms. The van der Waals surface area contributed by atoms with Crippen LogP contribution in [0.4, 0.5) is 19.0 Å². The lowest BCUT2D eigenvalue weighted by molar-refractivity contribution is -0.137. The highest BCUT2D eigenvalue weighted by Crippen LogP contribution is 2.29. The summed E-state index contributed by atoms with van der Waals surface area (Å²) in [6, 6.07) is 6.28. The molecule has 0 aliphatic heterocycles. The molecule has 0 saturated heterocycles. The molecular weight excluding hydrogens is 281 g/mol. The number of benzene rings is 1. The normalized spacial score (nSPS) is 11.4. The number of aryl methyl sites for hydroxylation is 1. The number of nitrogens with two attached hydrogens (primary N) is 1. The molecule has 0 amide bonds. The third-order valence-corrected chi connectivity index (χ3v) is 2.97. The lowest BCUT2D eigenvalue weighted by Gasteiger charge is -2.09. The average molecular weight is 294 g/mol. The van der Waals surface area contributed by atoms with E-state index in [1.807, 2.05) is 0 Å². The van der Waals surface area contributed by atoms with E-state index in [1.165, 1.54) is 18.3 Å². The molecule has 0 atom stereocenters. The molecular formula is C15H13F3N2O. The quantitative estimate of drug-likeness (QED) is 0.882. The van der Waals surface area contributed by atoms with Crippen molar-refractivity contribution in [1.82, 2.24) is 4.98 Å². The third kappa shape index (κ3) is 3.59. The summed E-state index contributed by atoms with van der Waals surface area (Å²) >= 11 is 0. The molecule has 0 radical (unpaired) electrons. The predicted molar refractivity (Wildman–Crippen MR) is 72.9 cm³/mol. The first-order valence-electron chi connectivity index (χ1n) is 6.19. The number of rotatable bonds is 3. The molecule has 6 heteroatoms. The third-order valence-electron chi connectivity index (χ3n) is 2.97. The minimum atomic E-state index is -4.43. The Morgan fingerprint density at radius 2 is 2.00 bits per heavy atom. The van der Waals surface area contributed by atoms with Gasteiger partial charge < -0.3 is 5.73 Å². The van der Waals surface area contributed by atoms with E-state index in [-0.39, 0.29) is 29.1 Å². The molecule has 0 aliphatic carbocycles. The van der Waals surface area contributed by atoms with Crippen molar-refractivity contribution in [2.24, 2.45) is 0 Å². The van der Waals surface area contributed by atoms with E-state index in [0.29, 0.717) is 0 Å². The summed E-state index contributed by atoms with van der Waals surface area (Å²) in [4.78, 5) is 16.0. The van der Waals surface area contributed by atoms with Gasteiger partial charge in [0.05, 0.1) is 11.1 Å². The summed E-state index contributed by atoms with van der Waals surface area (Å²) in [6.07, 6.45) is -3.06. The predicted octanol–water partition coefficient (Wildman–Crippen LogP) is 3.42. The van der Waals surface area contributed by atoms with E-state index in [0.717, 1.165) is 17.7 Å². The monoisotopic (exact) mass is 294 g/mol. The van der Waals surface area contributed by atoms with Crippen LogP contribution in [-0.4, -0.2) is 10.8 Å². The van der Waals surface area contributed by atoms with Gasteiger partial charge in [0.25, 0.3) is 0 Å². The van der Waals surface area contributed by atoms with Crippen molar-refractivity contribution in [1.29, 1.82) is 0 Å². The molecule has 2 aromatic rings. The molecule has 2 rings (SSSR count). The molecule has 0 fully saturated rings. The van der Waals surface area contributed by atoms with Crippen LogP contribution in [0.3, 0.4) is 0 Å². The number of nitrogen functional groups attached to an aromatic ring is 1. The number of ketones is 1. The smallest absolute Gasteiger partial charge is 0.383 e. The molecule has 0 saturated carbocycles. The molecule has 1 heterocycles. The highest BCUT2D eigenvalue weighted by Gasteiger charge is 2.30. The van der Waals surface area contributed by atoms with E-state index >= 15 is 0 Å². The number of hydrogen-bond donors (Lipinski definition) is 1. The van der Waals surface area contributed by atoms with Crippen molar-refractivity contribution in [3.05, 3.63) is 58.8 Å². The number of alkyl halides is 3. The maximum absolute atomic E-state index is 12.6. The van der Waals surface area contributed by atoms with Crippen LogP contribution < -0.4 is 5.73 Å². The number of halogens is 3. The fraction of sp³-hybridized carbons (Fsp3) is 0.200. The maximum atomic E-state index is 12.6. The van der Waals surface area contributed by atoms with Gasteiger partial charge in [0.2, 0.25) is 0 Å². The summed E-state index contributed by atoms with van der Waals surface area (Å²) in [6.45, 7) is 1.76. The van der Waals surface area contributed by atoms with Gasteiger partial charge in [-0.2, -0.15) is 13.2 Å². The van der Waals surface area contributed by atoms with Crippen molar-refractivity contribution in [2.75, 3.05) is 5.73 Å². The Kier molecular flexibility index (Phi) is 3.97. The van der Waals surface area contributed by atoms with Crippen LogP contribution in [0, 0.1) is 6.92 Å². The summed E-state index contributed by atoms with van der Waals surface area (Å²) in [5.41, 5.74) is 6.13. The Morgan fingerprint density at radius 1 is 1.29 bits per heavy atom. The standard InChI is InChI=1S/C15H13F3N2O/c1-9-5-12(14(19)20-8-9)13(21)7-10-3-2-4-11(6-10)15(16,17)18/h2-6,8H,7H2,1H3,(H2,19,20). The molecule has 110 valence electrons. The largest absolute Gasteiger partial charge is 0.416 e. The molecule has 0 unspecified atom stereocenters. The number of hydrogen-bond acceptors (Lipinski definition) is 3. The highest BCUT2D eigenvalue weighted by atomic mass is 19.4. The van der Waals surface area contributed by atoms with Crippen LogP contribution in [0.25, 0.3) is 0 Å². The van der Waals surface area contributed by atoms with Gasteiger partial charge in [-0.05, 0) is 30.2 Å². The minimum Gasteiger partial charge on any atom is -0.383 e. The van der Waals surface area contributed by atoms with Gasteiger partial charge in [-0.1, -0.05) is 18.2 Å². The van der Waals surface area contributed by atoms with Crippen LogP contribution in [0.5, 0.6) is 0 Å². The number of carbonyl (C=O) groups excluding carboxylic acids is 1. The van der Waals surface area contributed by atoms with E-state index in [1.54, 1.807) is 13.0 Å². The zero-order chi connectivity index (χ0) is 15.6. The lowest BCUT2D eigenvalue weighted by Crippen LogP contribution is -2.10. The van der Waals surface area contributed by atoms with Gasteiger partial charge in [0.1, 0.15) is 5.82 Å². The number of nitrogens with zero attached hydrogens (tertiary/aromatic N) is 1. The SMILES string of the molecule is Cc1cnc(N)c(C(=O)Cc2cccc(C(F)(F)F)c2)c1. The van der Waals surface area contributed by atoms with Crippen LogP contribution in [-0.2, 0) is 12.6 Å². The fourth-order valence-corrected chi connectivity index (χ4v) is 1.94. The van der Waals surface area contributed by atoms with Crippen molar-refractivity contribution >= 4 is 11.6 Å². The first kappa shape index (κ1) is 15.0. The molecule has 2 N–H and O–H groups in total. The van der Waals surface area contributed by atoms with Crippen molar-refractivity contribution in [2.45, 2.75) is 19.5 Å². The zero-order valence-electron chi connectivity index (χ0n) is 11.2. The average Bonchev–Trinajstić information content (AvgIpc) is 2.41. The van der Waals surface area contributed by atoms with Gasteiger partial charge in [0, 0.05) is 12.6 Å². The van der Waals surface area contributed by atoms with Gasteiger partial charge in [-0.3, -0.25) is 4.79 Å². The summed E-state index contributed by atoms with van der Waals surface area (Å²) in [7, 11) is 0. The molecule has 0 bridgehead atoms. The van der Waals surface area contributed by atoms with Crippen LogP contribution in [0.2, 0.25) is 0 Å². The van der Waals surface area contributed by atoms with Crippen LogP contribution >= 0.6 is 0 Å². The van der Waals surface area contributed by atoms with Crippen LogP contribution in [0.15, 0.2) is 36.5 Å². The zero-order valence-corrected chi connectivity index (χ0v) is 11.2. The van der Waals surface area contributed by atoms with E-state index in [4.69, 9.17) is 5.73 Å². The Bertz CT molecular complexity index is 681. The molecule has 1 aromatic carbocycles. The van der Waals surface area contributed by atoms with Crippen molar-refractivity contribution in [3.8, 4) is 0 Å². The summed E-state index contributed by atoms with van der Waals surface area (Å²) in [5, 5.41) is 0. The highest BCUT2D eigenvalue weighted by molar-refractivity contribution is 6.01. The molecule has 0 aliphatic rings. The summed E-state index contributed by atoms with van der Waals surface area (Å²) < 4.78 is 37.9. The molecule has 21 heavy (non-hydrogen) atoms. The Hall–Kier alpha value is -2.37. The minimum absolute atomic E-state index is 0.0811. The van der Waals surface area contributed by atoms with Gasteiger partial charge in [-0.25, -0.2) is 4.98 Å². The number of carbonyl (C=O) groups is 1. The number of Topliss-reactive ketones (excluding diaryl/α,β-unsaturated/α-hetero) is 1. The molecule has 3 nitrogen and oxygen atoms in total. The Labute approximate surface area is 119 Å². The Morgan fingerprint density at radius 3 is 2.67 bits per heavy atom. The number of anilines is 1. The van der Waals surface area contributed by atoms with E-state index in [2.05, 4.69) is 4.98 Å². The first-order valence-corrected chi connectivity index (χ1v) is 6.19. The second-order valence-corrected chi connectivity index (χ2v) is 4.74. The second kappa shape index (κ2) is 5.55. The van der Waals surface area contributed by atoms with Crippen molar-refractivity contribution in [3.63, 3.8) is 0 Å². The number of aromatic nitrogens is 1. The van der Waals surface area contributed by atoms with Gasteiger partial charge in [0.15, 0.2) is 5.78 Å². The summed E-state index contributed by atoms with van der Waals surface area (Å²) in [5.74, 6) is -0.277. The number of pyridine rings is 1.